The van der Waals surface area contributed by atoms with Gasteiger partial charge in [0.1, 0.15) is 0 Å². The molecule has 1 aliphatic heterocycles. The summed E-state index contributed by atoms with van der Waals surface area (Å²) in [6, 6.07) is 0.579. The maximum absolute atomic E-state index is 3.58. The fourth-order valence-corrected chi connectivity index (χ4v) is 3.36. The summed E-state index contributed by atoms with van der Waals surface area (Å²) >= 11 is 0. The predicted molar refractivity (Wildman–Crippen MR) is 73.9 cm³/mol. The van der Waals surface area contributed by atoms with Crippen molar-refractivity contribution in [3.8, 4) is 11.8 Å². The Bertz CT molecular complexity index is 243. The molecule has 1 atom stereocenters. The van der Waals surface area contributed by atoms with E-state index < -0.39 is 0 Å². The Morgan fingerprint density at radius 2 is 1.65 bits per heavy atom. The van der Waals surface area contributed by atoms with Gasteiger partial charge in [0.25, 0.3) is 0 Å². The fourth-order valence-electron chi connectivity index (χ4n) is 3.36. The van der Waals surface area contributed by atoms with Crippen molar-refractivity contribution in [2.75, 3.05) is 13.1 Å². The summed E-state index contributed by atoms with van der Waals surface area (Å²) in [6.07, 6.45) is 12.4. The van der Waals surface area contributed by atoms with Gasteiger partial charge in [-0.2, -0.15) is 0 Å². The molecule has 17 heavy (non-hydrogen) atoms. The van der Waals surface area contributed by atoms with Crippen LogP contribution in [0.5, 0.6) is 0 Å². The molecule has 2 fully saturated rings. The molecular formula is C16H27N. The van der Waals surface area contributed by atoms with E-state index in [1.165, 1.54) is 64.5 Å². The van der Waals surface area contributed by atoms with E-state index in [0.29, 0.717) is 6.04 Å². The van der Waals surface area contributed by atoms with Gasteiger partial charge in [0, 0.05) is 6.42 Å². The van der Waals surface area contributed by atoms with Crippen molar-refractivity contribution in [3.05, 3.63) is 0 Å². The molecule has 2 rings (SSSR count). The number of rotatable bonds is 2. The number of hydrogen-bond donors (Lipinski definition) is 0. The van der Waals surface area contributed by atoms with Crippen molar-refractivity contribution in [1.82, 2.24) is 4.90 Å². The molecule has 0 N–H and O–H groups in total. The molecule has 0 aromatic rings. The monoisotopic (exact) mass is 233 g/mol. The Labute approximate surface area is 107 Å². The van der Waals surface area contributed by atoms with E-state index in [9.17, 15) is 0 Å². The van der Waals surface area contributed by atoms with Crippen molar-refractivity contribution >= 4 is 0 Å². The Kier molecular flexibility index (Phi) is 5.39. The Balaban J connectivity index is 2.00. The number of piperidine rings is 1. The van der Waals surface area contributed by atoms with E-state index in [1.807, 2.05) is 0 Å². The normalized spacial score (nSPS) is 25.0. The lowest BCUT2D eigenvalue weighted by Gasteiger charge is -2.37. The minimum Gasteiger partial charge on any atom is -0.290 e. The highest BCUT2D eigenvalue weighted by atomic mass is 15.2. The third-order valence-electron chi connectivity index (χ3n) is 4.31. The average Bonchev–Trinajstić information content (AvgIpc) is 2.42. The van der Waals surface area contributed by atoms with Gasteiger partial charge in [-0.3, -0.25) is 4.90 Å². The molecule has 1 heteroatoms. The van der Waals surface area contributed by atoms with E-state index in [2.05, 4.69) is 23.7 Å². The van der Waals surface area contributed by atoms with Crippen LogP contribution < -0.4 is 0 Å². The summed E-state index contributed by atoms with van der Waals surface area (Å²) in [5.41, 5.74) is 0. The molecule has 1 heterocycles. The second-order valence-corrected chi connectivity index (χ2v) is 5.61. The third-order valence-corrected chi connectivity index (χ3v) is 4.31. The topological polar surface area (TPSA) is 3.24 Å². The largest absolute Gasteiger partial charge is 0.290 e. The minimum absolute atomic E-state index is 0.579. The highest BCUT2D eigenvalue weighted by molar-refractivity contribution is 5.10. The van der Waals surface area contributed by atoms with E-state index in [-0.39, 0.29) is 0 Å². The van der Waals surface area contributed by atoms with E-state index in [1.54, 1.807) is 0 Å². The summed E-state index contributed by atoms with van der Waals surface area (Å²) in [5.74, 6) is 7.80. The molecule has 96 valence electrons. The zero-order valence-corrected chi connectivity index (χ0v) is 11.4. The second kappa shape index (κ2) is 7.07. The molecule has 0 amide bonds. The van der Waals surface area contributed by atoms with Crippen LogP contribution in [0.25, 0.3) is 0 Å². The highest BCUT2D eigenvalue weighted by Crippen LogP contribution is 2.30. The second-order valence-electron chi connectivity index (χ2n) is 5.61. The average molecular weight is 233 g/mol. The van der Waals surface area contributed by atoms with Gasteiger partial charge in [0.15, 0.2) is 0 Å². The summed E-state index contributed by atoms with van der Waals surface area (Å²) < 4.78 is 0. The van der Waals surface area contributed by atoms with Gasteiger partial charge in [0.2, 0.25) is 0 Å². The third kappa shape index (κ3) is 3.75. The lowest BCUT2D eigenvalue weighted by molar-refractivity contribution is 0.133. The molecule has 1 nitrogen and oxygen atoms in total. The van der Waals surface area contributed by atoms with Gasteiger partial charge in [-0.05, 0) is 44.7 Å². The fraction of sp³-hybridized carbons (Fsp3) is 0.875. The predicted octanol–water partition coefficient (Wildman–Crippen LogP) is 3.83. The van der Waals surface area contributed by atoms with E-state index >= 15 is 0 Å². The molecule has 0 aromatic heterocycles. The van der Waals surface area contributed by atoms with Crippen LogP contribution in [0, 0.1) is 17.8 Å². The molecule has 1 aliphatic carbocycles. The molecule has 1 unspecified atom stereocenters. The minimum atomic E-state index is 0.579. The first-order chi connectivity index (χ1) is 8.42. The first kappa shape index (κ1) is 13.0. The Morgan fingerprint density at radius 3 is 2.29 bits per heavy atom. The smallest absolute Gasteiger partial charge is 0.0743 e. The van der Waals surface area contributed by atoms with Crippen LogP contribution in [0.4, 0.5) is 0 Å². The van der Waals surface area contributed by atoms with Crippen molar-refractivity contribution in [3.63, 3.8) is 0 Å². The first-order valence-corrected chi connectivity index (χ1v) is 7.64. The van der Waals surface area contributed by atoms with Crippen LogP contribution >= 0.6 is 0 Å². The quantitative estimate of drug-likeness (QED) is 0.655. The van der Waals surface area contributed by atoms with Gasteiger partial charge < -0.3 is 0 Å². The maximum atomic E-state index is 3.58. The molecule has 0 radical (unpaired) electrons. The summed E-state index contributed by atoms with van der Waals surface area (Å²) in [6.45, 7) is 4.75. The van der Waals surface area contributed by atoms with Crippen LogP contribution in [0.2, 0.25) is 0 Å². The van der Waals surface area contributed by atoms with Crippen molar-refractivity contribution < 1.29 is 0 Å². The molecule has 1 saturated heterocycles. The SMILES string of the molecule is CCC#CC(C1CCCCC1)N1CCCCC1. The van der Waals surface area contributed by atoms with Crippen LogP contribution in [0.15, 0.2) is 0 Å². The zero-order chi connectivity index (χ0) is 11.9. The van der Waals surface area contributed by atoms with Gasteiger partial charge >= 0.3 is 0 Å². The Hall–Kier alpha value is -0.480. The van der Waals surface area contributed by atoms with E-state index in [4.69, 9.17) is 0 Å². The Morgan fingerprint density at radius 1 is 1.00 bits per heavy atom. The molecule has 0 spiro atoms. The van der Waals surface area contributed by atoms with Crippen LogP contribution in [-0.2, 0) is 0 Å². The standard InChI is InChI=1S/C16H27N/c1-2-3-12-16(15-10-6-4-7-11-15)17-13-8-5-9-14-17/h15-16H,2,4-11,13-14H2,1H3. The van der Waals surface area contributed by atoms with E-state index in [0.717, 1.165) is 12.3 Å². The molecule has 0 aromatic carbocycles. The number of hydrogen-bond acceptors (Lipinski definition) is 1. The molecule has 1 saturated carbocycles. The summed E-state index contributed by atoms with van der Waals surface area (Å²) in [5, 5.41) is 0. The van der Waals surface area contributed by atoms with Crippen molar-refractivity contribution in [2.24, 2.45) is 5.92 Å². The van der Waals surface area contributed by atoms with Crippen molar-refractivity contribution in [2.45, 2.75) is 70.8 Å². The number of likely N-dealkylation sites (tertiary alicyclic amines) is 1. The summed E-state index contributed by atoms with van der Waals surface area (Å²) in [4.78, 5) is 2.68. The zero-order valence-electron chi connectivity index (χ0n) is 11.4. The van der Waals surface area contributed by atoms with Crippen LogP contribution in [0.3, 0.4) is 0 Å². The molecular weight excluding hydrogens is 206 g/mol. The molecule has 2 aliphatic rings. The van der Waals surface area contributed by atoms with Crippen molar-refractivity contribution in [1.29, 1.82) is 0 Å². The maximum Gasteiger partial charge on any atom is 0.0743 e. The van der Waals surface area contributed by atoms with Gasteiger partial charge in [-0.15, -0.1) is 5.92 Å². The lowest BCUT2D eigenvalue weighted by atomic mass is 9.83. The van der Waals surface area contributed by atoms with Crippen LogP contribution in [0.1, 0.15) is 64.7 Å². The first-order valence-electron chi connectivity index (χ1n) is 7.64. The van der Waals surface area contributed by atoms with Gasteiger partial charge in [0.05, 0.1) is 6.04 Å². The number of nitrogens with zero attached hydrogens (tertiary/aromatic N) is 1. The van der Waals surface area contributed by atoms with Crippen LogP contribution in [-0.4, -0.2) is 24.0 Å². The van der Waals surface area contributed by atoms with Gasteiger partial charge in [-0.25, -0.2) is 0 Å². The van der Waals surface area contributed by atoms with Gasteiger partial charge in [-0.1, -0.05) is 38.5 Å². The molecule has 0 bridgehead atoms. The summed E-state index contributed by atoms with van der Waals surface area (Å²) in [7, 11) is 0. The highest BCUT2D eigenvalue weighted by Gasteiger charge is 2.28. The lowest BCUT2D eigenvalue weighted by Crippen LogP contribution is -2.43.